The van der Waals surface area contributed by atoms with E-state index in [4.69, 9.17) is 16.3 Å². The van der Waals surface area contributed by atoms with Crippen molar-refractivity contribution < 1.29 is 9.13 Å². The van der Waals surface area contributed by atoms with E-state index in [0.29, 0.717) is 22.8 Å². The summed E-state index contributed by atoms with van der Waals surface area (Å²) in [5, 5.41) is 3.90. The second-order valence-corrected chi connectivity index (χ2v) is 5.80. The molecule has 1 aliphatic heterocycles. The molecule has 106 valence electrons. The highest BCUT2D eigenvalue weighted by Crippen LogP contribution is 2.36. The molecular weight excluding hydrogens is 265 g/mol. The number of ether oxygens (including phenoxy) is 1. The quantitative estimate of drug-likeness (QED) is 0.900. The first-order chi connectivity index (χ1) is 9.03. The Bertz CT molecular complexity index is 430. The summed E-state index contributed by atoms with van der Waals surface area (Å²) in [6.07, 6.45) is 3.90. The Hall–Kier alpha value is -0.800. The molecule has 1 heterocycles. The largest absolute Gasteiger partial charge is 0.495 e. The maximum Gasteiger partial charge on any atom is 0.137 e. The second-order valence-electron chi connectivity index (χ2n) is 5.40. The third kappa shape index (κ3) is 3.61. The summed E-state index contributed by atoms with van der Waals surface area (Å²) >= 11 is 5.98. The van der Waals surface area contributed by atoms with Gasteiger partial charge < -0.3 is 10.1 Å². The number of alkyl halides is 1. The third-order valence-corrected chi connectivity index (χ3v) is 4.11. The number of rotatable bonds is 4. The number of nitrogens with one attached hydrogen (secondary N) is 1. The zero-order chi connectivity index (χ0) is 13.9. The van der Waals surface area contributed by atoms with Crippen LogP contribution in [0, 0.1) is 0 Å². The van der Waals surface area contributed by atoms with Crippen molar-refractivity contribution in [2.45, 2.75) is 44.3 Å². The summed E-state index contributed by atoms with van der Waals surface area (Å²) < 4.78 is 20.1. The molecule has 0 aromatic heterocycles. The maximum absolute atomic E-state index is 14.9. The lowest BCUT2D eigenvalue weighted by atomic mass is 9.87. The van der Waals surface area contributed by atoms with Gasteiger partial charge in [0.25, 0.3) is 0 Å². The predicted molar refractivity (Wildman–Crippen MR) is 76.7 cm³/mol. The molecule has 2 rings (SSSR count). The molecular formula is C15H21ClFNO. The van der Waals surface area contributed by atoms with E-state index in [-0.39, 0.29) is 6.04 Å². The average Bonchev–Trinajstić information content (AvgIpc) is 2.39. The van der Waals surface area contributed by atoms with Crippen molar-refractivity contribution in [1.82, 2.24) is 5.32 Å². The Labute approximate surface area is 119 Å². The molecule has 0 aliphatic carbocycles. The van der Waals surface area contributed by atoms with Gasteiger partial charge in [-0.15, -0.1) is 0 Å². The predicted octanol–water partition coefficient (Wildman–Crippen LogP) is 4.07. The molecule has 0 bridgehead atoms. The van der Waals surface area contributed by atoms with Gasteiger partial charge in [-0.3, -0.25) is 0 Å². The lowest BCUT2D eigenvalue weighted by molar-refractivity contribution is 0.146. The fourth-order valence-electron chi connectivity index (χ4n) is 2.66. The number of benzene rings is 1. The van der Waals surface area contributed by atoms with Crippen molar-refractivity contribution in [3.63, 3.8) is 0 Å². The Kier molecular flexibility index (Phi) is 4.69. The molecule has 4 heteroatoms. The number of halogens is 2. The van der Waals surface area contributed by atoms with E-state index >= 15 is 0 Å². The molecule has 2 nitrogen and oxygen atoms in total. The minimum Gasteiger partial charge on any atom is -0.495 e. The van der Waals surface area contributed by atoms with E-state index in [0.717, 1.165) is 13.0 Å². The van der Waals surface area contributed by atoms with Gasteiger partial charge in [-0.1, -0.05) is 24.1 Å². The number of hydrogen-bond donors (Lipinski definition) is 1. The van der Waals surface area contributed by atoms with Gasteiger partial charge in [0.2, 0.25) is 0 Å². The molecule has 2 unspecified atom stereocenters. The monoisotopic (exact) mass is 285 g/mol. The fourth-order valence-corrected chi connectivity index (χ4v) is 2.86. The first-order valence-electron chi connectivity index (χ1n) is 6.79. The van der Waals surface area contributed by atoms with E-state index in [1.54, 1.807) is 32.2 Å². The van der Waals surface area contributed by atoms with Gasteiger partial charge in [-0.05, 0) is 44.0 Å². The van der Waals surface area contributed by atoms with Crippen molar-refractivity contribution in [3.05, 3.63) is 28.8 Å². The first-order valence-corrected chi connectivity index (χ1v) is 7.17. The van der Waals surface area contributed by atoms with Crippen LogP contribution in [-0.2, 0) is 5.67 Å². The van der Waals surface area contributed by atoms with Crippen molar-refractivity contribution in [3.8, 4) is 5.75 Å². The summed E-state index contributed by atoms with van der Waals surface area (Å²) in [4.78, 5) is 0. The number of hydrogen-bond acceptors (Lipinski definition) is 2. The summed E-state index contributed by atoms with van der Waals surface area (Å²) in [6.45, 7) is 2.62. The van der Waals surface area contributed by atoms with E-state index < -0.39 is 5.67 Å². The molecule has 1 aromatic carbocycles. The molecule has 1 saturated heterocycles. The molecule has 0 amide bonds. The standard InChI is InChI=1S/C15H21ClFNO/c1-15(17,10-12-5-3-4-8-18-12)11-6-7-13(16)14(9-11)19-2/h6-7,9,12,18H,3-5,8,10H2,1-2H3. The molecule has 0 spiro atoms. The minimum atomic E-state index is -1.37. The van der Waals surface area contributed by atoms with Gasteiger partial charge in [0.1, 0.15) is 11.4 Å². The van der Waals surface area contributed by atoms with Crippen molar-refractivity contribution in [1.29, 1.82) is 0 Å². The highest BCUT2D eigenvalue weighted by atomic mass is 35.5. The highest BCUT2D eigenvalue weighted by molar-refractivity contribution is 6.32. The highest BCUT2D eigenvalue weighted by Gasteiger charge is 2.31. The normalized spacial score (nSPS) is 22.8. The molecule has 1 fully saturated rings. The van der Waals surface area contributed by atoms with Gasteiger partial charge in [-0.25, -0.2) is 4.39 Å². The van der Waals surface area contributed by atoms with Crippen molar-refractivity contribution in [2.24, 2.45) is 0 Å². The second kappa shape index (κ2) is 6.10. The van der Waals surface area contributed by atoms with Crippen LogP contribution in [0.15, 0.2) is 18.2 Å². The van der Waals surface area contributed by atoms with Crippen LogP contribution in [0.1, 0.15) is 38.2 Å². The van der Waals surface area contributed by atoms with Crippen LogP contribution in [0.3, 0.4) is 0 Å². The van der Waals surface area contributed by atoms with Crippen LogP contribution in [0.5, 0.6) is 5.75 Å². The Morgan fingerprint density at radius 2 is 2.26 bits per heavy atom. The van der Waals surface area contributed by atoms with Crippen LogP contribution < -0.4 is 10.1 Å². The molecule has 0 radical (unpaired) electrons. The molecule has 1 aromatic rings. The third-order valence-electron chi connectivity index (χ3n) is 3.80. The lowest BCUT2D eigenvalue weighted by Crippen LogP contribution is -2.38. The molecule has 1 aliphatic rings. The summed E-state index contributed by atoms with van der Waals surface area (Å²) in [7, 11) is 1.54. The number of piperidine rings is 1. The number of methoxy groups -OCH3 is 1. The van der Waals surface area contributed by atoms with Gasteiger partial charge in [-0.2, -0.15) is 0 Å². The van der Waals surface area contributed by atoms with Crippen LogP contribution in [0.2, 0.25) is 5.02 Å². The molecule has 1 N–H and O–H groups in total. The van der Waals surface area contributed by atoms with Crippen molar-refractivity contribution >= 4 is 11.6 Å². The maximum atomic E-state index is 14.9. The average molecular weight is 286 g/mol. The van der Waals surface area contributed by atoms with Gasteiger partial charge in [0.15, 0.2) is 0 Å². The Balaban J connectivity index is 2.13. The molecule has 0 saturated carbocycles. The fraction of sp³-hybridized carbons (Fsp3) is 0.600. The lowest BCUT2D eigenvalue weighted by Gasteiger charge is -2.30. The zero-order valence-corrected chi connectivity index (χ0v) is 12.3. The van der Waals surface area contributed by atoms with E-state index in [9.17, 15) is 4.39 Å². The SMILES string of the molecule is COc1cc(C(C)(F)CC2CCCCN2)ccc1Cl. The topological polar surface area (TPSA) is 21.3 Å². The van der Waals surface area contributed by atoms with Gasteiger partial charge in [0, 0.05) is 12.5 Å². The molecule has 2 atom stereocenters. The Morgan fingerprint density at radius 3 is 2.89 bits per heavy atom. The van der Waals surface area contributed by atoms with E-state index in [1.165, 1.54) is 12.8 Å². The van der Waals surface area contributed by atoms with E-state index in [2.05, 4.69) is 5.32 Å². The molecule has 19 heavy (non-hydrogen) atoms. The van der Waals surface area contributed by atoms with Gasteiger partial charge >= 0.3 is 0 Å². The van der Waals surface area contributed by atoms with Crippen LogP contribution >= 0.6 is 11.6 Å². The van der Waals surface area contributed by atoms with Crippen molar-refractivity contribution in [2.75, 3.05) is 13.7 Å². The summed E-state index contributed by atoms with van der Waals surface area (Å²) in [5.74, 6) is 0.527. The van der Waals surface area contributed by atoms with Crippen LogP contribution in [-0.4, -0.2) is 19.7 Å². The van der Waals surface area contributed by atoms with Gasteiger partial charge in [0.05, 0.1) is 12.1 Å². The van der Waals surface area contributed by atoms with Crippen LogP contribution in [0.4, 0.5) is 4.39 Å². The first kappa shape index (κ1) is 14.6. The summed E-state index contributed by atoms with van der Waals surface area (Å²) in [5.41, 5.74) is -0.742. The smallest absolute Gasteiger partial charge is 0.137 e. The van der Waals surface area contributed by atoms with Crippen LogP contribution in [0.25, 0.3) is 0 Å². The van der Waals surface area contributed by atoms with E-state index in [1.807, 2.05) is 0 Å². The summed E-state index contributed by atoms with van der Waals surface area (Å²) in [6, 6.07) is 5.39. The minimum absolute atomic E-state index is 0.255. The Morgan fingerprint density at radius 1 is 1.47 bits per heavy atom. The zero-order valence-electron chi connectivity index (χ0n) is 11.5.